The van der Waals surface area contributed by atoms with Crippen molar-refractivity contribution >= 4 is 0 Å². The van der Waals surface area contributed by atoms with Gasteiger partial charge in [0.1, 0.15) is 0 Å². The summed E-state index contributed by atoms with van der Waals surface area (Å²) < 4.78 is 5.86. The zero-order valence-electron chi connectivity index (χ0n) is 12.8. The molecule has 0 aromatic rings. The molecule has 1 aliphatic heterocycles. The zero-order valence-corrected chi connectivity index (χ0v) is 12.8. The van der Waals surface area contributed by atoms with Crippen molar-refractivity contribution < 1.29 is 4.74 Å². The van der Waals surface area contributed by atoms with Crippen molar-refractivity contribution in [3.05, 3.63) is 0 Å². The number of rotatable bonds is 8. The van der Waals surface area contributed by atoms with Crippen LogP contribution in [-0.2, 0) is 4.74 Å². The highest BCUT2D eigenvalue weighted by Gasteiger charge is 2.36. The molecule has 0 spiro atoms. The second-order valence-electron chi connectivity index (χ2n) is 6.22. The first-order valence-electron chi connectivity index (χ1n) is 7.59. The molecule has 0 aliphatic carbocycles. The number of hydrogen-bond donors (Lipinski definition) is 2. The maximum atomic E-state index is 5.86. The van der Waals surface area contributed by atoms with E-state index >= 15 is 0 Å². The number of ether oxygens (including phenoxy) is 1. The molecule has 1 fully saturated rings. The summed E-state index contributed by atoms with van der Waals surface area (Å²) in [7, 11) is 0. The van der Waals surface area contributed by atoms with Gasteiger partial charge in [0, 0.05) is 12.5 Å². The van der Waals surface area contributed by atoms with Gasteiger partial charge in [-0.1, -0.05) is 20.8 Å². The van der Waals surface area contributed by atoms with Gasteiger partial charge >= 0.3 is 0 Å². The third kappa shape index (κ3) is 5.25. The Morgan fingerprint density at radius 2 is 1.67 bits per heavy atom. The van der Waals surface area contributed by atoms with Gasteiger partial charge in [-0.15, -0.1) is 0 Å². The van der Waals surface area contributed by atoms with Crippen LogP contribution in [0.5, 0.6) is 0 Å². The van der Waals surface area contributed by atoms with Crippen LogP contribution in [0.2, 0.25) is 0 Å². The lowest BCUT2D eigenvalue weighted by Gasteiger charge is -2.19. The van der Waals surface area contributed by atoms with E-state index in [1.54, 1.807) is 0 Å². The van der Waals surface area contributed by atoms with Crippen LogP contribution in [-0.4, -0.2) is 38.4 Å². The molecule has 1 saturated heterocycles. The molecule has 0 amide bonds. The van der Waals surface area contributed by atoms with Crippen LogP contribution in [0.3, 0.4) is 0 Å². The molecule has 3 heteroatoms. The fourth-order valence-electron chi connectivity index (χ4n) is 2.69. The smallest absolute Gasteiger partial charge is 0.0594 e. The Hall–Kier alpha value is -0.120. The zero-order chi connectivity index (χ0) is 13.5. The Morgan fingerprint density at radius 3 is 2.22 bits per heavy atom. The van der Waals surface area contributed by atoms with E-state index in [1.807, 2.05) is 0 Å². The second-order valence-corrected chi connectivity index (χ2v) is 6.22. The molecular formula is C15H32N2O. The van der Waals surface area contributed by atoms with E-state index in [4.69, 9.17) is 4.74 Å². The van der Waals surface area contributed by atoms with E-state index in [1.165, 1.54) is 6.42 Å². The Morgan fingerprint density at radius 1 is 1.00 bits per heavy atom. The molecule has 1 aliphatic rings. The molecule has 2 N–H and O–H groups in total. The minimum atomic E-state index is 0.404. The lowest BCUT2D eigenvalue weighted by Crippen LogP contribution is -2.32. The van der Waals surface area contributed by atoms with Gasteiger partial charge in [-0.3, -0.25) is 0 Å². The van der Waals surface area contributed by atoms with Crippen LogP contribution in [0.4, 0.5) is 0 Å². The van der Waals surface area contributed by atoms with Crippen molar-refractivity contribution in [3.8, 4) is 0 Å². The summed E-state index contributed by atoms with van der Waals surface area (Å²) in [6, 6.07) is 0. The summed E-state index contributed by atoms with van der Waals surface area (Å²) >= 11 is 0. The Balaban J connectivity index is 2.01. The first-order valence-corrected chi connectivity index (χ1v) is 7.59. The van der Waals surface area contributed by atoms with E-state index in [-0.39, 0.29) is 0 Å². The highest BCUT2D eigenvalue weighted by molar-refractivity contribution is 4.85. The SMILES string of the molecule is CC(C)CNCCCNCC1C(C)OC(C)C1C. The summed E-state index contributed by atoms with van der Waals surface area (Å²) in [5, 5.41) is 7.05. The topological polar surface area (TPSA) is 33.3 Å². The highest BCUT2D eigenvalue weighted by atomic mass is 16.5. The lowest BCUT2D eigenvalue weighted by molar-refractivity contribution is 0.0511. The van der Waals surface area contributed by atoms with E-state index in [9.17, 15) is 0 Å². The average Bonchev–Trinajstić information content (AvgIpc) is 2.53. The fraction of sp³-hybridized carbons (Fsp3) is 1.00. The van der Waals surface area contributed by atoms with Gasteiger partial charge in [-0.2, -0.15) is 0 Å². The monoisotopic (exact) mass is 256 g/mol. The number of hydrogen-bond acceptors (Lipinski definition) is 3. The second kappa shape index (κ2) is 8.13. The third-order valence-electron chi connectivity index (χ3n) is 4.09. The quantitative estimate of drug-likeness (QED) is 0.654. The van der Waals surface area contributed by atoms with Gasteiger partial charge in [0.25, 0.3) is 0 Å². The molecule has 4 unspecified atom stereocenters. The first-order chi connectivity index (χ1) is 8.52. The minimum Gasteiger partial charge on any atom is -0.375 e. The standard InChI is InChI=1S/C15H32N2O/c1-11(2)9-16-7-6-8-17-10-15-12(3)13(4)18-14(15)5/h11-17H,6-10H2,1-5H3. The summed E-state index contributed by atoms with van der Waals surface area (Å²) in [5.74, 6) is 2.09. The largest absolute Gasteiger partial charge is 0.375 e. The van der Waals surface area contributed by atoms with Gasteiger partial charge in [0.15, 0.2) is 0 Å². The highest BCUT2D eigenvalue weighted by Crippen LogP contribution is 2.31. The van der Waals surface area contributed by atoms with E-state index in [2.05, 4.69) is 45.3 Å². The maximum absolute atomic E-state index is 5.86. The van der Waals surface area contributed by atoms with Crippen molar-refractivity contribution in [3.63, 3.8) is 0 Å². The van der Waals surface area contributed by atoms with Crippen molar-refractivity contribution in [2.45, 2.75) is 53.2 Å². The van der Waals surface area contributed by atoms with Gasteiger partial charge in [-0.05, 0) is 51.7 Å². The summed E-state index contributed by atoms with van der Waals surface area (Å²) in [4.78, 5) is 0. The van der Waals surface area contributed by atoms with Crippen molar-refractivity contribution in [1.29, 1.82) is 0 Å². The Kier molecular flexibility index (Phi) is 7.20. The summed E-state index contributed by atoms with van der Waals surface area (Å²) in [6.45, 7) is 15.6. The Bertz CT molecular complexity index is 221. The van der Waals surface area contributed by atoms with Gasteiger partial charge in [-0.25, -0.2) is 0 Å². The summed E-state index contributed by atoms with van der Waals surface area (Å²) in [6.07, 6.45) is 2.03. The number of nitrogens with one attached hydrogen (secondary N) is 2. The first kappa shape index (κ1) is 15.9. The van der Waals surface area contributed by atoms with Crippen LogP contribution in [0.15, 0.2) is 0 Å². The molecule has 4 atom stereocenters. The van der Waals surface area contributed by atoms with E-state index < -0.39 is 0 Å². The molecule has 3 nitrogen and oxygen atoms in total. The van der Waals surface area contributed by atoms with Crippen molar-refractivity contribution in [2.75, 3.05) is 26.2 Å². The molecule has 1 heterocycles. The van der Waals surface area contributed by atoms with Crippen molar-refractivity contribution in [2.24, 2.45) is 17.8 Å². The lowest BCUT2D eigenvalue weighted by atomic mass is 9.89. The van der Waals surface area contributed by atoms with E-state index in [0.29, 0.717) is 24.0 Å². The van der Waals surface area contributed by atoms with Gasteiger partial charge < -0.3 is 15.4 Å². The molecule has 0 radical (unpaired) electrons. The molecule has 0 bridgehead atoms. The van der Waals surface area contributed by atoms with Crippen LogP contribution in [0.1, 0.15) is 41.0 Å². The van der Waals surface area contributed by atoms with Crippen LogP contribution < -0.4 is 10.6 Å². The van der Waals surface area contributed by atoms with Crippen LogP contribution >= 0.6 is 0 Å². The predicted octanol–water partition coefficient (Wildman–Crippen LogP) is 2.27. The van der Waals surface area contributed by atoms with E-state index in [0.717, 1.165) is 32.1 Å². The molecule has 108 valence electrons. The van der Waals surface area contributed by atoms with Crippen LogP contribution in [0.25, 0.3) is 0 Å². The third-order valence-corrected chi connectivity index (χ3v) is 4.09. The molecule has 0 saturated carbocycles. The molecule has 0 aromatic carbocycles. The summed E-state index contributed by atoms with van der Waals surface area (Å²) in [5.41, 5.74) is 0. The van der Waals surface area contributed by atoms with Crippen LogP contribution in [0, 0.1) is 17.8 Å². The molecule has 18 heavy (non-hydrogen) atoms. The normalized spacial score (nSPS) is 32.3. The fourth-order valence-corrected chi connectivity index (χ4v) is 2.69. The molecular weight excluding hydrogens is 224 g/mol. The predicted molar refractivity (Wildman–Crippen MR) is 77.9 cm³/mol. The minimum absolute atomic E-state index is 0.404. The van der Waals surface area contributed by atoms with Crippen molar-refractivity contribution in [1.82, 2.24) is 10.6 Å². The maximum Gasteiger partial charge on any atom is 0.0594 e. The molecule has 1 rings (SSSR count). The van der Waals surface area contributed by atoms with Gasteiger partial charge in [0.05, 0.1) is 12.2 Å². The Labute approximate surface area is 113 Å². The van der Waals surface area contributed by atoms with Gasteiger partial charge in [0.2, 0.25) is 0 Å². The molecule has 0 aromatic heterocycles. The average molecular weight is 256 g/mol.